The van der Waals surface area contributed by atoms with E-state index in [4.69, 9.17) is 27.9 Å². The van der Waals surface area contributed by atoms with Gasteiger partial charge in [0, 0.05) is 18.5 Å². The van der Waals surface area contributed by atoms with Crippen LogP contribution >= 0.6 is 23.2 Å². The summed E-state index contributed by atoms with van der Waals surface area (Å²) in [6, 6.07) is 12.6. The molecule has 5 nitrogen and oxygen atoms in total. The Balaban J connectivity index is 1.99. The summed E-state index contributed by atoms with van der Waals surface area (Å²) >= 11 is 11.9. The molecular weight excluding hydrogens is 361 g/mol. The Morgan fingerprint density at radius 1 is 1.08 bits per heavy atom. The van der Waals surface area contributed by atoms with Crippen LogP contribution < -0.4 is 0 Å². The van der Waals surface area contributed by atoms with Gasteiger partial charge in [0.05, 0.1) is 27.9 Å². The second-order valence-corrected chi connectivity index (χ2v) is 6.15. The standard InChI is InChI=1S/C18H17Cl2N3O2/c1-2-25-10-9-23-16-6-4-3-5-13(16)17(18(23)24)22-21-12-7-8-14(19)15(20)11-12/h3-8,11,24H,2,9-10H2,1H3. The highest BCUT2D eigenvalue weighted by Gasteiger charge is 2.16. The third kappa shape index (κ3) is 3.79. The van der Waals surface area contributed by atoms with E-state index in [9.17, 15) is 5.11 Å². The molecule has 0 fully saturated rings. The Morgan fingerprint density at radius 3 is 2.64 bits per heavy atom. The van der Waals surface area contributed by atoms with E-state index in [1.54, 1.807) is 22.8 Å². The summed E-state index contributed by atoms with van der Waals surface area (Å²) in [6.45, 7) is 3.60. The van der Waals surface area contributed by atoms with Gasteiger partial charge >= 0.3 is 0 Å². The molecule has 0 saturated heterocycles. The van der Waals surface area contributed by atoms with Gasteiger partial charge in [-0.2, -0.15) is 5.11 Å². The van der Waals surface area contributed by atoms with Gasteiger partial charge in [0.1, 0.15) is 0 Å². The van der Waals surface area contributed by atoms with Crippen LogP contribution in [0, 0.1) is 0 Å². The van der Waals surface area contributed by atoms with Crippen molar-refractivity contribution in [3.05, 3.63) is 52.5 Å². The number of halogens is 2. The lowest BCUT2D eigenvalue weighted by Gasteiger charge is -2.06. The first-order valence-corrected chi connectivity index (χ1v) is 8.62. The van der Waals surface area contributed by atoms with Gasteiger partial charge in [0.2, 0.25) is 5.88 Å². The number of para-hydroxylation sites is 1. The van der Waals surface area contributed by atoms with Crippen molar-refractivity contribution in [2.45, 2.75) is 13.5 Å². The zero-order valence-electron chi connectivity index (χ0n) is 13.6. The third-order valence-electron chi connectivity index (χ3n) is 3.75. The van der Waals surface area contributed by atoms with E-state index in [0.29, 0.717) is 41.2 Å². The zero-order chi connectivity index (χ0) is 17.8. The maximum Gasteiger partial charge on any atom is 0.220 e. The van der Waals surface area contributed by atoms with Crippen molar-refractivity contribution in [2.24, 2.45) is 10.2 Å². The average molecular weight is 378 g/mol. The number of aromatic hydroxyl groups is 1. The molecule has 1 aromatic heterocycles. The second kappa shape index (κ2) is 7.87. The molecule has 0 aliphatic heterocycles. The van der Waals surface area contributed by atoms with Gasteiger partial charge < -0.3 is 14.4 Å². The highest BCUT2D eigenvalue weighted by Crippen LogP contribution is 2.39. The van der Waals surface area contributed by atoms with Crippen LogP contribution in [0.15, 0.2) is 52.7 Å². The number of nitrogens with zero attached hydrogens (tertiary/aromatic N) is 3. The molecule has 3 rings (SSSR count). The maximum absolute atomic E-state index is 10.6. The van der Waals surface area contributed by atoms with Crippen LogP contribution in [0.25, 0.3) is 10.9 Å². The van der Waals surface area contributed by atoms with E-state index >= 15 is 0 Å². The van der Waals surface area contributed by atoms with Crippen molar-refractivity contribution in [1.82, 2.24) is 4.57 Å². The van der Waals surface area contributed by atoms with Gasteiger partial charge in [-0.15, -0.1) is 5.11 Å². The number of aromatic nitrogens is 1. The summed E-state index contributed by atoms with van der Waals surface area (Å²) in [5.74, 6) is 0.0599. The summed E-state index contributed by atoms with van der Waals surface area (Å²) in [5, 5.41) is 20.7. The van der Waals surface area contributed by atoms with Crippen LogP contribution in [0.3, 0.4) is 0 Å². The molecule has 0 amide bonds. The number of hydrogen-bond donors (Lipinski definition) is 1. The highest BCUT2D eigenvalue weighted by molar-refractivity contribution is 6.42. The van der Waals surface area contributed by atoms with Crippen LogP contribution in [0.5, 0.6) is 5.88 Å². The fraction of sp³-hybridized carbons (Fsp3) is 0.222. The number of fused-ring (bicyclic) bond motifs is 1. The molecule has 1 N–H and O–H groups in total. The molecule has 0 bridgehead atoms. The predicted octanol–water partition coefficient (Wildman–Crippen LogP) is 6.11. The average Bonchev–Trinajstić information content (AvgIpc) is 2.88. The minimum atomic E-state index is 0.0599. The van der Waals surface area contributed by atoms with Crippen LogP contribution in [0.4, 0.5) is 11.4 Å². The molecule has 0 spiro atoms. The van der Waals surface area contributed by atoms with Crippen molar-refractivity contribution in [1.29, 1.82) is 0 Å². The minimum absolute atomic E-state index is 0.0599. The molecule has 2 aromatic carbocycles. The first-order valence-electron chi connectivity index (χ1n) is 7.86. The smallest absolute Gasteiger partial charge is 0.220 e. The number of azo groups is 1. The van der Waals surface area contributed by atoms with Crippen LogP contribution in [-0.2, 0) is 11.3 Å². The van der Waals surface area contributed by atoms with Gasteiger partial charge in [-0.3, -0.25) is 0 Å². The Hall–Kier alpha value is -2.08. The predicted molar refractivity (Wildman–Crippen MR) is 101 cm³/mol. The van der Waals surface area contributed by atoms with Crippen LogP contribution in [0.2, 0.25) is 10.0 Å². The van der Waals surface area contributed by atoms with Crippen LogP contribution in [-0.4, -0.2) is 22.9 Å². The van der Waals surface area contributed by atoms with Gasteiger partial charge in [-0.1, -0.05) is 41.4 Å². The van der Waals surface area contributed by atoms with E-state index in [0.717, 1.165) is 10.9 Å². The number of ether oxygens (including phenoxy) is 1. The summed E-state index contributed by atoms with van der Waals surface area (Å²) < 4.78 is 7.16. The molecule has 1 heterocycles. The molecule has 0 aliphatic rings. The fourth-order valence-corrected chi connectivity index (χ4v) is 2.84. The zero-order valence-corrected chi connectivity index (χ0v) is 15.1. The number of rotatable bonds is 6. The Labute approximate surface area is 155 Å². The molecular formula is C18H17Cl2N3O2. The van der Waals surface area contributed by atoms with Gasteiger partial charge in [0.15, 0.2) is 5.69 Å². The number of benzene rings is 2. The van der Waals surface area contributed by atoms with Crippen LogP contribution in [0.1, 0.15) is 6.92 Å². The third-order valence-corrected chi connectivity index (χ3v) is 4.49. The molecule has 0 saturated carbocycles. The SMILES string of the molecule is CCOCCn1c(O)c(N=Nc2ccc(Cl)c(Cl)c2)c2ccccc21. The highest BCUT2D eigenvalue weighted by atomic mass is 35.5. The van der Waals surface area contributed by atoms with Crippen molar-refractivity contribution in [3.63, 3.8) is 0 Å². The Bertz CT molecular complexity index is 922. The summed E-state index contributed by atoms with van der Waals surface area (Å²) in [4.78, 5) is 0. The van der Waals surface area contributed by atoms with E-state index in [-0.39, 0.29) is 5.88 Å². The molecule has 3 aromatic rings. The van der Waals surface area contributed by atoms with Crippen molar-refractivity contribution in [3.8, 4) is 5.88 Å². The Kier molecular flexibility index (Phi) is 5.58. The second-order valence-electron chi connectivity index (χ2n) is 5.34. The maximum atomic E-state index is 10.6. The van der Waals surface area contributed by atoms with Crippen molar-refractivity contribution < 1.29 is 9.84 Å². The molecule has 25 heavy (non-hydrogen) atoms. The van der Waals surface area contributed by atoms with Gasteiger partial charge in [-0.05, 0) is 31.2 Å². The largest absolute Gasteiger partial charge is 0.493 e. The van der Waals surface area contributed by atoms with Gasteiger partial charge in [-0.25, -0.2) is 0 Å². The summed E-state index contributed by atoms with van der Waals surface area (Å²) in [7, 11) is 0. The minimum Gasteiger partial charge on any atom is -0.493 e. The lowest BCUT2D eigenvalue weighted by molar-refractivity contribution is 0.138. The van der Waals surface area contributed by atoms with E-state index in [1.165, 1.54) is 0 Å². The number of hydrogen-bond acceptors (Lipinski definition) is 4. The first-order chi connectivity index (χ1) is 12.1. The topological polar surface area (TPSA) is 59.1 Å². The molecule has 0 aliphatic carbocycles. The van der Waals surface area contributed by atoms with Crippen molar-refractivity contribution >= 4 is 45.5 Å². The lowest BCUT2D eigenvalue weighted by Crippen LogP contribution is -2.05. The molecule has 130 valence electrons. The molecule has 7 heteroatoms. The monoisotopic (exact) mass is 377 g/mol. The quantitative estimate of drug-likeness (QED) is 0.416. The van der Waals surface area contributed by atoms with E-state index in [2.05, 4.69) is 10.2 Å². The molecule has 0 radical (unpaired) electrons. The van der Waals surface area contributed by atoms with E-state index < -0.39 is 0 Å². The summed E-state index contributed by atoms with van der Waals surface area (Å²) in [6.07, 6.45) is 0. The fourth-order valence-electron chi connectivity index (χ4n) is 2.55. The van der Waals surface area contributed by atoms with Gasteiger partial charge in [0.25, 0.3) is 0 Å². The normalized spacial score (nSPS) is 11.6. The molecule has 0 atom stereocenters. The first kappa shape index (κ1) is 17.7. The van der Waals surface area contributed by atoms with E-state index in [1.807, 2.05) is 31.2 Å². The summed E-state index contributed by atoms with van der Waals surface area (Å²) in [5.41, 5.74) is 1.85. The molecule has 0 unspecified atom stereocenters. The van der Waals surface area contributed by atoms with Crippen molar-refractivity contribution in [2.75, 3.05) is 13.2 Å². The Morgan fingerprint density at radius 2 is 1.88 bits per heavy atom. The lowest BCUT2D eigenvalue weighted by atomic mass is 10.2.